The van der Waals surface area contributed by atoms with Gasteiger partial charge in [0.15, 0.2) is 11.6 Å². The number of nitrogens with one attached hydrogen (secondary N) is 1. The van der Waals surface area contributed by atoms with E-state index in [9.17, 15) is 13.6 Å². The highest BCUT2D eigenvalue weighted by molar-refractivity contribution is 5.85. The summed E-state index contributed by atoms with van der Waals surface area (Å²) >= 11 is 0. The second-order valence-electron chi connectivity index (χ2n) is 4.90. The molecule has 0 aromatic heterocycles. The standard InChI is InChI=1S/C14H18F2N2O2/c1-18(13(19)14(16)6-7-17-10-14)8-9-20-12-5-3-2-4-11(12)15/h2-5,17H,6-10H2,1H3. The third-order valence-corrected chi connectivity index (χ3v) is 3.35. The smallest absolute Gasteiger partial charge is 0.261 e. The second-order valence-corrected chi connectivity index (χ2v) is 4.90. The molecule has 20 heavy (non-hydrogen) atoms. The van der Waals surface area contributed by atoms with Crippen molar-refractivity contribution in [3.05, 3.63) is 30.1 Å². The van der Waals surface area contributed by atoms with Gasteiger partial charge in [-0.25, -0.2) is 8.78 Å². The molecule has 1 saturated heterocycles. The van der Waals surface area contributed by atoms with Crippen LogP contribution in [-0.4, -0.2) is 49.8 Å². The fourth-order valence-corrected chi connectivity index (χ4v) is 2.14. The Labute approximate surface area is 116 Å². The maximum absolute atomic E-state index is 14.2. The predicted octanol–water partition coefficient (Wildman–Crippen LogP) is 1.36. The van der Waals surface area contributed by atoms with Crippen molar-refractivity contribution in [1.82, 2.24) is 10.2 Å². The number of nitrogens with zero attached hydrogens (tertiary/aromatic N) is 1. The summed E-state index contributed by atoms with van der Waals surface area (Å²) < 4.78 is 32.8. The number of carbonyl (C=O) groups excluding carboxylic acids is 1. The van der Waals surface area contributed by atoms with Gasteiger partial charge in [0.1, 0.15) is 6.61 Å². The molecule has 1 atom stereocenters. The maximum Gasteiger partial charge on any atom is 0.261 e. The second kappa shape index (κ2) is 6.17. The van der Waals surface area contributed by atoms with Gasteiger partial charge in [-0.05, 0) is 18.7 Å². The average Bonchev–Trinajstić information content (AvgIpc) is 2.88. The number of likely N-dealkylation sites (N-methyl/N-ethyl adjacent to an activating group) is 1. The van der Waals surface area contributed by atoms with Gasteiger partial charge in [-0.3, -0.25) is 4.79 Å². The fraction of sp³-hybridized carbons (Fsp3) is 0.500. The van der Waals surface area contributed by atoms with Crippen LogP contribution >= 0.6 is 0 Å². The highest BCUT2D eigenvalue weighted by Gasteiger charge is 2.43. The van der Waals surface area contributed by atoms with E-state index < -0.39 is 17.4 Å². The Hall–Kier alpha value is -1.69. The molecule has 1 heterocycles. The lowest BCUT2D eigenvalue weighted by Gasteiger charge is -2.25. The zero-order valence-corrected chi connectivity index (χ0v) is 11.4. The number of carbonyl (C=O) groups is 1. The molecule has 1 aromatic rings. The van der Waals surface area contributed by atoms with Crippen LogP contribution in [-0.2, 0) is 4.79 Å². The van der Waals surface area contributed by atoms with Crippen molar-refractivity contribution in [2.24, 2.45) is 0 Å². The summed E-state index contributed by atoms with van der Waals surface area (Å²) in [6, 6.07) is 6.03. The van der Waals surface area contributed by atoms with Gasteiger partial charge < -0.3 is 15.0 Å². The van der Waals surface area contributed by atoms with E-state index in [1.807, 2.05) is 0 Å². The van der Waals surface area contributed by atoms with Crippen molar-refractivity contribution >= 4 is 5.91 Å². The quantitative estimate of drug-likeness (QED) is 0.888. The van der Waals surface area contributed by atoms with Crippen LogP contribution < -0.4 is 10.1 Å². The molecule has 110 valence electrons. The monoisotopic (exact) mass is 284 g/mol. The zero-order valence-electron chi connectivity index (χ0n) is 11.4. The van der Waals surface area contributed by atoms with Crippen LogP contribution in [0.1, 0.15) is 6.42 Å². The van der Waals surface area contributed by atoms with Gasteiger partial charge in [-0.1, -0.05) is 12.1 Å². The largest absolute Gasteiger partial charge is 0.489 e. The minimum Gasteiger partial charge on any atom is -0.489 e. The Bertz CT molecular complexity index is 476. The number of hydrogen-bond donors (Lipinski definition) is 1. The van der Waals surface area contributed by atoms with Gasteiger partial charge in [-0.2, -0.15) is 0 Å². The Morgan fingerprint density at radius 1 is 1.50 bits per heavy atom. The fourth-order valence-electron chi connectivity index (χ4n) is 2.14. The highest BCUT2D eigenvalue weighted by atomic mass is 19.1. The first-order valence-electron chi connectivity index (χ1n) is 6.55. The molecule has 0 aliphatic carbocycles. The van der Waals surface area contributed by atoms with E-state index in [0.29, 0.717) is 6.54 Å². The van der Waals surface area contributed by atoms with E-state index in [2.05, 4.69) is 5.32 Å². The normalized spacial score (nSPS) is 21.8. The lowest BCUT2D eigenvalue weighted by molar-refractivity contribution is -0.141. The van der Waals surface area contributed by atoms with E-state index in [0.717, 1.165) is 0 Å². The summed E-state index contributed by atoms with van der Waals surface area (Å²) in [6.45, 7) is 0.873. The van der Waals surface area contributed by atoms with Crippen molar-refractivity contribution < 1.29 is 18.3 Å². The van der Waals surface area contributed by atoms with E-state index in [-0.39, 0.29) is 31.9 Å². The molecule has 1 N–H and O–H groups in total. The number of benzene rings is 1. The molecular formula is C14H18F2N2O2. The van der Waals surface area contributed by atoms with Crippen LogP contribution in [0.2, 0.25) is 0 Å². The van der Waals surface area contributed by atoms with Crippen LogP contribution in [0.3, 0.4) is 0 Å². The van der Waals surface area contributed by atoms with Gasteiger partial charge in [-0.15, -0.1) is 0 Å². The van der Waals surface area contributed by atoms with Gasteiger partial charge in [0.05, 0.1) is 6.54 Å². The molecule has 1 aromatic carbocycles. The van der Waals surface area contributed by atoms with Crippen LogP contribution in [0.25, 0.3) is 0 Å². The molecule has 1 aliphatic rings. The minimum absolute atomic E-state index is 0.0460. The van der Waals surface area contributed by atoms with Gasteiger partial charge >= 0.3 is 0 Å². The van der Waals surface area contributed by atoms with Gasteiger partial charge in [0.25, 0.3) is 5.91 Å². The Kier molecular flexibility index (Phi) is 4.54. The van der Waals surface area contributed by atoms with Crippen LogP contribution in [0.4, 0.5) is 8.78 Å². The predicted molar refractivity (Wildman–Crippen MR) is 70.9 cm³/mol. The molecule has 0 radical (unpaired) electrons. The van der Waals surface area contributed by atoms with Crippen molar-refractivity contribution in [1.29, 1.82) is 0 Å². The first-order valence-corrected chi connectivity index (χ1v) is 6.55. The van der Waals surface area contributed by atoms with Gasteiger partial charge in [0, 0.05) is 20.0 Å². The summed E-state index contributed by atoms with van der Waals surface area (Å²) in [7, 11) is 1.52. The molecular weight excluding hydrogens is 266 g/mol. The SMILES string of the molecule is CN(CCOc1ccccc1F)C(=O)C1(F)CCNC1. The van der Waals surface area contributed by atoms with Crippen LogP contribution in [0, 0.1) is 5.82 Å². The van der Waals surface area contributed by atoms with Crippen molar-refractivity contribution in [3.63, 3.8) is 0 Å². The number of hydrogen-bond acceptors (Lipinski definition) is 3. The Balaban J connectivity index is 1.82. The molecule has 2 rings (SSSR count). The van der Waals surface area contributed by atoms with E-state index >= 15 is 0 Å². The third kappa shape index (κ3) is 3.25. The summed E-state index contributed by atoms with van der Waals surface area (Å²) in [5.74, 6) is -0.881. The van der Waals surface area contributed by atoms with Crippen molar-refractivity contribution in [2.75, 3.05) is 33.3 Å². The molecule has 6 heteroatoms. The molecule has 0 spiro atoms. The molecule has 0 bridgehead atoms. The highest BCUT2D eigenvalue weighted by Crippen LogP contribution is 2.22. The van der Waals surface area contributed by atoms with Gasteiger partial charge in [0.2, 0.25) is 5.67 Å². The van der Waals surface area contributed by atoms with Crippen LogP contribution in [0.5, 0.6) is 5.75 Å². The third-order valence-electron chi connectivity index (χ3n) is 3.35. The molecule has 4 nitrogen and oxygen atoms in total. The summed E-state index contributed by atoms with van der Waals surface area (Å²) in [5, 5.41) is 2.83. The average molecular weight is 284 g/mol. The number of para-hydroxylation sites is 1. The molecule has 1 amide bonds. The molecule has 1 fully saturated rings. The van der Waals surface area contributed by atoms with Crippen molar-refractivity contribution in [3.8, 4) is 5.75 Å². The van der Waals surface area contributed by atoms with E-state index in [1.54, 1.807) is 12.1 Å². The number of halogens is 2. The topological polar surface area (TPSA) is 41.6 Å². The first-order chi connectivity index (χ1) is 9.53. The molecule has 1 unspecified atom stereocenters. The zero-order chi connectivity index (χ0) is 14.6. The first kappa shape index (κ1) is 14.7. The van der Waals surface area contributed by atoms with E-state index in [4.69, 9.17) is 4.74 Å². The van der Waals surface area contributed by atoms with E-state index in [1.165, 1.54) is 24.1 Å². The number of amides is 1. The number of rotatable bonds is 5. The Morgan fingerprint density at radius 2 is 2.25 bits per heavy atom. The molecule has 1 aliphatic heterocycles. The lowest BCUT2D eigenvalue weighted by atomic mass is 10.0. The summed E-state index contributed by atoms with van der Waals surface area (Å²) in [6.07, 6.45) is 0.185. The van der Waals surface area contributed by atoms with Crippen molar-refractivity contribution in [2.45, 2.75) is 12.1 Å². The van der Waals surface area contributed by atoms with Crippen LogP contribution in [0.15, 0.2) is 24.3 Å². The summed E-state index contributed by atoms with van der Waals surface area (Å²) in [5.41, 5.74) is -1.83. The maximum atomic E-state index is 14.2. The molecule has 0 saturated carbocycles. The lowest BCUT2D eigenvalue weighted by Crippen LogP contribution is -2.47. The summed E-state index contributed by atoms with van der Waals surface area (Å²) in [4.78, 5) is 13.2. The minimum atomic E-state index is -1.83. The number of ether oxygens (including phenoxy) is 1. The number of alkyl halides is 1. The Morgan fingerprint density at radius 3 is 2.90 bits per heavy atom.